The van der Waals surface area contributed by atoms with Gasteiger partial charge in [0, 0.05) is 24.5 Å². The first-order valence-corrected chi connectivity index (χ1v) is 13.1. The number of cyclic esters (lactones) is 1. The van der Waals surface area contributed by atoms with Crippen LogP contribution in [0.15, 0.2) is 36.5 Å². The quantitative estimate of drug-likeness (QED) is 0.492. The topological polar surface area (TPSA) is 130 Å². The number of benzene rings is 1. The molecule has 1 saturated heterocycles. The van der Waals surface area contributed by atoms with Gasteiger partial charge in [-0.25, -0.2) is 5.43 Å². The van der Waals surface area contributed by atoms with E-state index in [9.17, 15) is 19.2 Å². The largest absolute Gasteiger partial charge is 0.457 e. The molecule has 10 nitrogen and oxygen atoms in total. The van der Waals surface area contributed by atoms with Crippen LogP contribution in [-0.4, -0.2) is 58.4 Å². The molecule has 2 aliphatic rings. The molecule has 2 aromatic rings. The molecule has 3 N–H and O–H groups in total. The Morgan fingerprint density at radius 1 is 1.08 bits per heavy atom. The first kappa shape index (κ1) is 27.3. The third-order valence-electron chi connectivity index (χ3n) is 6.83. The minimum absolute atomic E-state index is 0.0785. The van der Waals surface area contributed by atoms with Gasteiger partial charge in [-0.15, -0.1) is 0 Å². The molecule has 3 amide bonds. The Hall–Kier alpha value is -3.79. The summed E-state index contributed by atoms with van der Waals surface area (Å²) in [6.45, 7) is 7.44. The number of nitrogens with one attached hydrogen (secondary N) is 3. The lowest BCUT2D eigenvalue weighted by Gasteiger charge is -2.35. The zero-order chi connectivity index (χ0) is 27.4. The predicted octanol–water partition coefficient (Wildman–Crippen LogP) is 2.40. The van der Waals surface area contributed by atoms with E-state index < -0.39 is 36.1 Å². The average Bonchev–Trinajstić information content (AvgIpc) is 2.90. The Balaban J connectivity index is 1.64. The summed E-state index contributed by atoms with van der Waals surface area (Å²) in [4.78, 5) is 56.2. The molecule has 1 aromatic carbocycles. The summed E-state index contributed by atoms with van der Waals surface area (Å²) < 4.78 is 5.76. The fraction of sp³-hybridized carbons (Fsp3) is 0.464. The number of carbonyl (C=O) groups is 4. The van der Waals surface area contributed by atoms with Crippen molar-refractivity contribution < 1.29 is 23.9 Å². The van der Waals surface area contributed by atoms with Crippen molar-refractivity contribution >= 4 is 40.7 Å². The van der Waals surface area contributed by atoms with Crippen LogP contribution < -0.4 is 16.1 Å². The van der Waals surface area contributed by atoms with Gasteiger partial charge in [0.15, 0.2) is 0 Å². The first-order valence-electron chi connectivity index (χ1n) is 13.1. The fourth-order valence-corrected chi connectivity index (χ4v) is 4.62. The number of amides is 3. The molecule has 202 valence electrons. The molecule has 4 rings (SSSR count). The Morgan fingerprint density at radius 3 is 2.63 bits per heavy atom. The van der Waals surface area contributed by atoms with E-state index in [1.807, 2.05) is 38.1 Å². The summed E-state index contributed by atoms with van der Waals surface area (Å²) in [6.07, 6.45) is 5.94. The molecule has 4 unspecified atom stereocenters. The Kier molecular flexibility index (Phi) is 8.41. The van der Waals surface area contributed by atoms with E-state index >= 15 is 0 Å². The standard InChI is InChI=1S/C28H35N5O5/c1-16(2)25-26(35)30-17(3)27(36)33-12-6-8-23(32-33)28(37)38-18(4)20-10-11-22-21(14-20)13-19(15-29-22)7-5-9-24(34)31-25/h5,7,10-11,13-18,23,25,32H,6,8-9,12H2,1-4H3,(H,30,35)(H,31,34). The molecule has 10 heteroatoms. The number of nitrogens with zero attached hydrogens (tertiary/aromatic N) is 2. The maximum atomic E-state index is 13.1. The van der Waals surface area contributed by atoms with Crippen LogP contribution in [0.1, 0.15) is 64.2 Å². The lowest BCUT2D eigenvalue weighted by atomic mass is 10.0. The minimum atomic E-state index is -0.860. The average molecular weight is 522 g/mol. The van der Waals surface area contributed by atoms with Crippen LogP contribution in [0.2, 0.25) is 0 Å². The molecular formula is C28H35N5O5. The maximum Gasteiger partial charge on any atom is 0.325 e. The molecule has 0 radical (unpaired) electrons. The van der Waals surface area contributed by atoms with Crippen molar-refractivity contribution in [1.82, 2.24) is 26.1 Å². The molecule has 0 saturated carbocycles. The van der Waals surface area contributed by atoms with Crippen LogP contribution in [0.25, 0.3) is 17.0 Å². The number of esters is 1. The number of hydrogen-bond donors (Lipinski definition) is 3. The number of ether oxygens (including phenoxy) is 1. The monoisotopic (exact) mass is 521 g/mol. The summed E-state index contributed by atoms with van der Waals surface area (Å²) in [7, 11) is 0. The van der Waals surface area contributed by atoms with E-state index in [-0.39, 0.29) is 24.2 Å². The van der Waals surface area contributed by atoms with Gasteiger partial charge < -0.3 is 15.4 Å². The van der Waals surface area contributed by atoms with Gasteiger partial charge in [-0.2, -0.15) is 0 Å². The highest BCUT2D eigenvalue weighted by atomic mass is 16.5. The highest BCUT2D eigenvalue weighted by Crippen LogP contribution is 2.24. The maximum absolute atomic E-state index is 13.1. The van der Waals surface area contributed by atoms with Crippen molar-refractivity contribution in [2.45, 2.75) is 71.2 Å². The van der Waals surface area contributed by atoms with Gasteiger partial charge in [-0.05, 0) is 61.9 Å². The van der Waals surface area contributed by atoms with E-state index in [2.05, 4.69) is 21.0 Å². The second-order valence-corrected chi connectivity index (χ2v) is 10.2. The molecule has 5 bridgehead atoms. The van der Waals surface area contributed by atoms with Crippen molar-refractivity contribution in [2.24, 2.45) is 5.92 Å². The molecule has 0 aliphatic carbocycles. The summed E-state index contributed by atoms with van der Waals surface area (Å²) in [5, 5.41) is 7.74. The van der Waals surface area contributed by atoms with Crippen LogP contribution in [0.3, 0.4) is 0 Å². The lowest BCUT2D eigenvalue weighted by molar-refractivity contribution is -0.157. The lowest BCUT2D eigenvalue weighted by Crippen LogP contribution is -2.61. The molecule has 1 aromatic heterocycles. The van der Waals surface area contributed by atoms with Crippen LogP contribution >= 0.6 is 0 Å². The van der Waals surface area contributed by atoms with Crippen LogP contribution in [0.5, 0.6) is 0 Å². The van der Waals surface area contributed by atoms with E-state index in [0.717, 1.165) is 22.0 Å². The number of fused-ring (bicyclic) bond motifs is 4. The molecule has 1 fully saturated rings. The summed E-state index contributed by atoms with van der Waals surface area (Å²) in [5.74, 6) is -1.76. The van der Waals surface area contributed by atoms with Crippen LogP contribution in [0, 0.1) is 5.92 Å². The first-order chi connectivity index (χ1) is 18.1. The van der Waals surface area contributed by atoms with E-state index in [1.165, 1.54) is 5.01 Å². The second-order valence-electron chi connectivity index (χ2n) is 10.2. The van der Waals surface area contributed by atoms with Gasteiger partial charge in [-0.3, -0.25) is 29.2 Å². The SMILES string of the molecule is CC1NC(=O)C(C(C)C)NC(=O)CC=Cc2cnc3ccc(cc3c2)C(C)OC(=O)C2CCCN(N2)C1=O. The zero-order valence-corrected chi connectivity index (χ0v) is 22.2. The van der Waals surface area contributed by atoms with E-state index in [0.29, 0.717) is 19.4 Å². The number of pyridine rings is 1. The van der Waals surface area contributed by atoms with Gasteiger partial charge >= 0.3 is 5.97 Å². The predicted molar refractivity (Wildman–Crippen MR) is 142 cm³/mol. The van der Waals surface area contributed by atoms with Crippen molar-refractivity contribution in [2.75, 3.05) is 6.54 Å². The molecular weight excluding hydrogens is 486 g/mol. The van der Waals surface area contributed by atoms with Crippen molar-refractivity contribution in [3.8, 4) is 0 Å². The highest BCUT2D eigenvalue weighted by molar-refractivity contribution is 5.92. The number of carbonyl (C=O) groups excluding carboxylic acids is 4. The molecule has 3 heterocycles. The smallest absolute Gasteiger partial charge is 0.325 e. The van der Waals surface area contributed by atoms with Crippen LogP contribution in [0.4, 0.5) is 0 Å². The summed E-state index contributed by atoms with van der Waals surface area (Å²) in [6, 6.07) is 5.29. The fourth-order valence-electron chi connectivity index (χ4n) is 4.62. The minimum Gasteiger partial charge on any atom is -0.457 e. The van der Waals surface area contributed by atoms with Gasteiger partial charge in [0.05, 0.1) is 5.52 Å². The van der Waals surface area contributed by atoms with Gasteiger partial charge in [-0.1, -0.05) is 32.1 Å². The second kappa shape index (κ2) is 11.7. The number of rotatable bonds is 1. The Morgan fingerprint density at radius 2 is 1.87 bits per heavy atom. The van der Waals surface area contributed by atoms with Gasteiger partial charge in [0.25, 0.3) is 5.91 Å². The number of aromatic nitrogens is 1. The normalized spacial score (nSPS) is 25.8. The van der Waals surface area contributed by atoms with Crippen molar-refractivity contribution in [3.05, 3.63) is 47.7 Å². The zero-order valence-electron chi connectivity index (χ0n) is 22.2. The van der Waals surface area contributed by atoms with Crippen molar-refractivity contribution in [1.29, 1.82) is 0 Å². The van der Waals surface area contributed by atoms with E-state index in [1.54, 1.807) is 32.2 Å². The van der Waals surface area contributed by atoms with Gasteiger partial charge in [0.1, 0.15) is 24.2 Å². The molecule has 4 atom stereocenters. The van der Waals surface area contributed by atoms with Crippen LogP contribution in [-0.2, 0) is 23.9 Å². The third-order valence-corrected chi connectivity index (χ3v) is 6.83. The number of hydrazine groups is 1. The molecule has 2 aliphatic heterocycles. The van der Waals surface area contributed by atoms with E-state index in [4.69, 9.17) is 4.74 Å². The Labute approximate surface area is 222 Å². The van der Waals surface area contributed by atoms with Crippen molar-refractivity contribution in [3.63, 3.8) is 0 Å². The highest BCUT2D eigenvalue weighted by Gasteiger charge is 2.33. The number of hydrogen-bond acceptors (Lipinski definition) is 7. The Bertz CT molecular complexity index is 1260. The summed E-state index contributed by atoms with van der Waals surface area (Å²) in [5.41, 5.74) is 5.40. The third kappa shape index (κ3) is 6.36. The molecule has 0 spiro atoms. The molecule has 38 heavy (non-hydrogen) atoms. The summed E-state index contributed by atoms with van der Waals surface area (Å²) >= 11 is 0. The van der Waals surface area contributed by atoms with Gasteiger partial charge in [0.2, 0.25) is 11.8 Å².